The van der Waals surface area contributed by atoms with Crippen LogP contribution in [0, 0.1) is 0 Å². The topological polar surface area (TPSA) is 113 Å². The van der Waals surface area contributed by atoms with Crippen LogP contribution in [-0.2, 0) is 10.0 Å². The number of aromatic nitrogens is 4. The van der Waals surface area contributed by atoms with Crippen molar-refractivity contribution in [2.75, 3.05) is 24.7 Å². The Balaban J connectivity index is 1.85. The zero-order valence-corrected chi connectivity index (χ0v) is 10.7. The standard InChI is InChI=1S/C9H14N6O2S/c1-18(16,17)15-4-2-3-10-8-7-9(12-5-11-7)14-6-13-8/h5-6,15H,2-4H2,1H3,(H2,10,11,12,13,14). The number of H-pyrrole nitrogens is 1. The molecule has 3 N–H and O–H groups in total. The van der Waals surface area contributed by atoms with Gasteiger partial charge in [-0.3, -0.25) is 0 Å². The third kappa shape index (κ3) is 3.37. The lowest BCUT2D eigenvalue weighted by Crippen LogP contribution is -2.24. The molecular weight excluding hydrogens is 256 g/mol. The summed E-state index contributed by atoms with van der Waals surface area (Å²) in [6.07, 6.45) is 4.78. The normalized spacial score (nSPS) is 11.8. The van der Waals surface area contributed by atoms with Gasteiger partial charge in [-0.15, -0.1) is 0 Å². The van der Waals surface area contributed by atoms with Crippen LogP contribution in [0.1, 0.15) is 6.42 Å². The molecule has 2 heterocycles. The van der Waals surface area contributed by atoms with Gasteiger partial charge in [-0.2, -0.15) is 0 Å². The quantitative estimate of drug-likeness (QED) is 0.621. The fourth-order valence-electron chi connectivity index (χ4n) is 1.45. The van der Waals surface area contributed by atoms with E-state index in [1.54, 1.807) is 6.33 Å². The molecule has 0 atom stereocenters. The average Bonchev–Trinajstić information content (AvgIpc) is 2.75. The number of sulfonamides is 1. The first-order chi connectivity index (χ1) is 8.56. The Morgan fingerprint density at radius 1 is 1.28 bits per heavy atom. The van der Waals surface area contributed by atoms with Crippen molar-refractivity contribution in [3.8, 4) is 0 Å². The zero-order valence-electron chi connectivity index (χ0n) is 9.84. The van der Waals surface area contributed by atoms with Crippen molar-refractivity contribution in [3.63, 3.8) is 0 Å². The van der Waals surface area contributed by atoms with E-state index in [0.29, 0.717) is 31.0 Å². The molecule has 0 aliphatic carbocycles. The minimum absolute atomic E-state index is 0.392. The maximum Gasteiger partial charge on any atom is 0.208 e. The molecular formula is C9H14N6O2S. The number of hydrogen-bond donors (Lipinski definition) is 3. The summed E-state index contributed by atoms with van der Waals surface area (Å²) in [5.74, 6) is 0.664. The Morgan fingerprint density at radius 3 is 2.89 bits per heavy atom. The number of rotatable bonds is 6. The van der Waals surface area contributed by atoms with Gasteiger partial charge in [0.25, 0.3) is 0 Å². The number of nitrogens with one attached hydrogen (secondary N) is 3. The fourth-order valence-corrected chi connectivity index (χ4v) is 1.97. The van der Waals surface area contributed by atoms with Gasteiger partial charge < -0.3 is 10.3 Å². The Bertz CT molecular complexity index is 623. The number of anilines is 1. The maximum absolute atomic E-state index is 10.8. The first-order valence-corrected chi connectivity index (χ1v) is 7.28. The molecule has 0 aliphatic rings. The molecule has 0 aliphatic heterocycles. The Morgan fingerprint density at radius 2 is 2.11 bits per heavy atom. The van der Waals surface area contributed by atoms with Crippen molar-refractivity contribution in [1.82, 2.24) is 24.7 Å². The lowest BCUT2D eigenvalue weighted by Gasteiger charge is -2.06. The highest BCUT2D eigenvalue weighted by Crippen LogP contribution is 2.13. The highest BCUT2D eigenvalue weighted by molar-refractivity contribution is 7.88. The maximum atomic E-state index is 10.8. The molecule has 0 fully saturated rings. The second-order valence-corrected chi connectivity index (χ2v) is 5.60. The molecule has 0 spiro atoms. The summed E-state index contributed by atoms with van der Waals surface area (Å²) in [4.78, 5) is 15.0. The predicted molar refractivity (Wildman–Crippen MR) is 67.6 cm³/mol. The van der Waals surface area contributed by atoms with Gasteiger partial charge in [0.15, 0.2) is 11.5 Å². The summed E-state index contributed by atoms with van der Waals surface area (Å²) in [6.45, 7) is 0.997. The molecule has 2 aromatic heterocycles. The van der Waals surface area contributed by atoms with E-state index in [0.717, 1.165) is 11.8 Å². The number of hydrogen-bond acceptors (Lipinski definition) is 6. The molecule has 0 saturated carbocycles. The minimum atomic E-state index is -3.11. The van der Waals surface area contributed by atoms with Crippen LogP contribution in [0.3, 0.4) is 0 Å². The van der Waals surface area contributed by atoms with E-state index >= 15 is 0 Å². The van der Waals surface area contributed by atoms with Crippen LogP contribution in [0.5, 0.6) is 0 Å². The third-order valence-electron chi connectivity index (χ3n) is 2.23. The third-order valence-corrected chi connectivity index (χ3v) is 2.96. The molecule has 98 valence electrons. The lowest BCUT2D eigenvalue weighted by atomic mass is 10.4. The first kappa shape index (κ1) is 12.7. The minimum Gasteiger partial charge on any atom is -0.368 e. The van der Waals surface area contributed by atoms with Crippen molar-refractivity contribution in [2.24, 2.45) is 0 Å². The van der Waals surface area contributed by atoms with Gasteiger partial charge in [0.1, 0.15) is 11.8 Å². The van der Waals surface area contributed by atoms with Gasteiger partial charge >= 0.3 is 0 Å². The fraction of sp³-hybridized carbons (Fsp3) is 0.444. The van der Waals surface area contributed by atoms with Crippen LogP contribution < -0.4 is 10.0 Å². The van der Waals surface area contributed by atoms with Gasteiger partial charge in [0.05, 0.1) is 12.6 Å². The largest absolute Gasteiger partial charge is 0.368 e. The SMILES string of the molecule is CS(=O)(=O)NCCCNc1ncnc2nc[nH]c12. The number of nitrogens with zero attached hydrogens (tertiary/aromatic N) is 3. The summed E-state index contributed by atoms with van der Waals surface area (Å²) in [7, 11) is -3.11. The second-order valence-electron chi connectivity index (χ2n) is 3.77. The average molecular weight is 270 g/mol. The predicted octanol–water partition coefficient (Wildman–Crippen LogP) is -0.296. The Kier molecular flexibility index (Phi) is 3.72. The Hall–Kier alpha value is -1.74. The zero-order chi connectivity index (χ0) is 13.0. The summed E-state index contributed by atoms with van der Waals surface area (Å²) in [5.41, 5.74) is 1.34. The molecule has 0 amide bonds. The van der Waals surface area contributed by atoms with Crippen molar-refractivity contribution in [3.05, 3.63) is 12.7 Å². The van der Waals surface area contributed by atoms with Crippen LogP contribution >= 0.6 is 0 Å². The molecule has 2 rings (SSSR count). The van der Waals surface area contributed by atoms with E-state index in [1.165, 1.54) is 6.33 Å². The molecule has 18 heavy (non-hydrogen) atoms. The first-order valence-electron chi connectivity index (χ1n) is 5.39. The lowest BCUT2D eigenvalue weighted by molar-refractivity contribution is 0.586. The molecule has 0 unspecified atom stereocenters. The molecule has 0 aromatic carbocycles. The monoisotopic (exact) mass is 270 g/mol. The van der Waals surface area contributed by atoms with Gasteiger partial charge in [-0.1, -0.05) is 0 Å². The van der Waals surface area contributed by atoms with Crippen molar-refractivity contribution >= 4 is 27.0 Å². The van der Waals surface area contributed by atoms with E-state index in [-0.39, 0.29) is 0 Å². The summed E-state index contributed by atoms with van der Waals surface area (Å²) in [5, 5.41) is 3.10. The van der Waals surface area contributed by atoms with Crippen molar-refractivity contribution in [2.45, 2.75) is 6.42 Å². The summed E-state index contributed by atoms with van der Waals surface area (Å²) in [6, 6.07) is 0. The van der Waals surface area contributed by atoms with E-state index in [4.69, 9.17) is 0 Å². The van der Waals surface area contributed by atoms with Crippen molar-refractivity contribution < 1.29 is 8.42 Å². The van der Waals surface area contributed by atoms with E-state index in [2.05, 4.69) is 30.0 Å². The van der Waals surface area contributed by atoms with Gasteiger partial charge in [-0.05, 0) is 6.42 Å². The van der Waals surface area contributed by atoms with Crippen LogP contribution in [0.25, 0.3) is 11.2 Å². The summed E-state index contributed by atoms with van der Waals surface area (Å²) >= 11 is 0. The van der Waals surface area contributed by atoms with E-state index in [1.807, 2.05) is 0 Å². The van der Waals surface area contributed by atoms with Crippen LogP contribution in [-0.4, -0.2) is 47.7 Å². The highest BCUT2D eigenvalue weighted by Gasteiger charge is 2.04. The molecule has 0 bridgehead atoms. The highest BCUT2D eigenvalue weighted by atomic mass is 32.2. The Labute approximate surface area is 104 Å². The van der Waals surface area contributed by atoms with Gasteiger partial charge in [-0.25, -0.2) is 28.1 Å². The van der Waals surface area contributed by atoms with E-state index in [9.17, 15) is 8.42 Å². The van der Waals surface area contributed by atoms with Crippen molar-refractivity contribution in [1.29, 1.82) is 0 Å². The van der Waals surface area contributed by atoms with Gasteiger partial charge in [0, 0.05) is 13.1 Å². The van der Waals surface area contributed by atoms with Crippen LogP contribution in [0.2, 0.25) is 0 Å². The van der Waals surface area contributed by atoms with Gasteiger partial charge in [0.2, 0.25) is 10.0 Å². The van der Waals surface area contributed by atoms with E-state index < -0.39 is 10.0 Å². The molecule has 9 heteroatoms. The second kappa shape index (κ2) is 5.27. The smallest absolute Gasteiger partial charge is 0.208 e. The molecule has 0 saturated heterocycles. The molecule has 8 nitrogen and oxygen atoms in total. The number of fused-ring (bicyclic) bond motifs is 1. The van der Waals surface area contributed by atoms with Crippen LogP contribution in [0.15, 0.2) is 12.7 Å². The summed E-state index contributed by atoms with van der Waals surface area (Å²) < 4.78 is 24.1. The molecule has 2 aromatic rings. The number of aromatic amines is 1. The molecule has 0 radical (unpaired) electrons. The van der Waals surface area contributed by atoms with Crippen LogP contribution in [0.4, 0.5) is 5.82 Å². The number of imidazole rings is 1.